The second-order valence-corrected chi connectivity index (χ2v) is 3.76. The van der Waals surface area contributed by atoms with E-state index in [1.54, 1.807) is 6.92 Å². The minimum atomic E-state index is -0.258. The summed E-state index contributed by atoms with van der Waals surface area (Å²) in [6.45, 7) is 2.55. The average Bonchev–Trinajstić information content (AvgIpc) is 2.77. The van der Waals surface area contributed by atoms with Gasteiger partial charge < -0.3 is 15.0 Å². The Balaban J connectivity index is 2.03. The molecule has 0 fully saturated rings. The summed E-state index contributed by atoms with van der Waals surface area (Å²) >= 11 is 5.76. The van der Waals surface area contributed by atoms with Crippen molar-refractivity contribution < 1.29 is 9.53 Å². The minimum Gasteiger partial charge on any atom is -0.466 e. The van der Waals surface area contributed by atoms with Gasteiger partial charge >= 0.3 is 5.97 Å². The van der Waals surface area contributed by atoms with Crippen LogP contribution in [0.15, 0.2) is 6.33 Å². The standard InChI is InChI=1S/C10H12ClN5O2/c1-2-18-6(17)3-4-12-8-7-9(14-5-13-7)16-10(11)15-8/h5H,2-4H2,1H3,(H2,12,13,14,15,16). The van der Waals surface area contributed by atoms with Gasteiger partial charge in [-0.1, -0.05) is 0 Å². The zero-order valence-corrected chi connectivity index (χ0v) is 10.5. The van der Waals surface area contributed by atoms with Gasteiger partial charge in [0.25, 0.3) is 0 Å². The fourth-order valence-electron chi connectivity index (χ4n) is 1.45. The van der Waals surface area contributed by atoms with Gasteiger partial charge in [-0.15, -0.1) is 0 Å². The monoisotopic (exact) mass is 269 g/mol. The summed E-state index contributed by atoms with van der Waals surface area (Å²) in [6, 6.07) is 0. The summed E-state index contributed by atoms with van der Waals surface area (Å²) in [6.07, 6.45) is 1.76. The lowest BCUT2D eigenvalue weighted by Gasteiger charge is -2.06. The molecular formula is C10H12ClN5O2. The second-order valence-electron chi connectivity index (χ2n) is 3.42. The number of rotatable bonds is 5. The number of anilines is 1. The second kappa shape index (κ2) is 5.63. The van der Waals surface area contributed by atoms with Crippen LogP contribution in [0, 0.1) is 0 Å². The molecule has 18 heavy (non-hydrogen) atoms. The number of carbonyl (C=O) groups is 1. The van der Waals surface area contributed by atoms with Crippen molar-refractivity contribution in [1.82, 2.24) is 19.9 Å². The smallest absolute Gasteiger partial charge is 0.307 e. The van der Waals surface area contributed by atoms with Crippen LogP contribution in [0.2, 0.25) is 5.28 Å². The maximum Gasteiger partial charge on any atom is 0.307 e. The zero-order chi connectivity index (χ0) is 13.0. The fraction of sp³-hybridized carbons (Fsp3) is 0.400. The van der Waals surface area contributed by atoms with Crippen LogP contribution in [-0.2, 0) is 9.53 Å². The molecule has 0 atom stereocenters. The molecule has 8 heteroatoms. The first-order chi connectivity index (χ1) is 8.70. The van der Waals surface area contributed by atoms with Crippen LogP contribution in [0.25, 0.3) is 11.2 Å². The molecule has 0 spiro atoms. The Hall–Kier alpha value is -1.89. The minimum absolute atomic E-state index is 0.105. The van der Waals surface area contributed by atoms with E-state index in [2.05, 4.69) is 25.3 Å². The van der Waals surface area contributed by atoms with Gasteiger partial charge in [0.15, 0.2) is 11.5 Å². The maximum absolute atomic E-state index is 11.2. The summed E-state index contributed by atoms with van der Waals surface area (Å²) in [5, 5.41) is 3.10. The largest absolute Gasteiger partial charge is 0.466 e. The quantitative estimate of drug-likeness (QED) is 0.629. The van der Waals surface area contributed by atoms with E-state index in [-0.39, 0.29) is 17.7 Å². The lowest BCUT2D eigenvalue weighted by molar-refractivity contribution is -0.142. The number of aromatic nitrogens is 4. The number of esters is 1. The predicted octanol–water partition coefficient (Wildman–Crippen LogP) is 1.37. The van der Waals surface area contributed by atoms with Crippen molar-refractivity contribution in [1.29, 1.82) is 0 Å². The van der Waals surface area contributed by atoms with E-state index in [1.807, 2.05) is 0 Å². The molecule has 0 unspecified atom stereocenters. The summed E-state index contributed by atoms with van der Waals surface area (Å²) < 4.78 is 4.82. The van der Waals surface area contributed by atoms with Gasteiger partial charge in [0.2, 0.25) is 5.28 Å². The molecule has 2 aromatic heterocycles. The summed E-state index contributed by atoms with van der Waals surface area (Å²) in [5.41, 5.74) is 1.14. The number of carbonyl (C=O) groups excluding carboxylic acids is 1. The average molecular weight is 270 g/mol. The molecule has 0 aliphatic heterocycles. The van der Waals surface area contributed by atoms with E-state index in [0.29, 0.717) is 30.1 Å². The lowest BCUT2D eigenvalue weighted by atomic mass is 10.4. The Morgan fingerprint density at radius 3 is 3.17 bits per heavy atom. The number of hydrogen-bond donors (Lipinski definition) is 2. The number of nitrogens with one attached hydrogen (secondary N) is 2. The molecule has 0 aromatic carbocycles. The number of H-pyrrole nitrogens is 1. The molecule has 0 saturated heterocycles. The molecule has 0 aliphatic rings. The van der Waals surface area contributed by atoms with Crippen molar-refractivity contribution in [2.45, 2.75) is 13.3 Å². The highest BCUT2D eigenvalue weighted by molar-refractivity contribution is 6.28. The van der Waals surface area contributed by atoms with Crippen LogP contribution in [0.3, 0.4) is 0 Å². The van der Waals surface area contributed by atoms with Crippen molar-refractivity contribution in [3.63, 3.8) is 0 Å². The Labute approximate surface area is 108 Å². The number of imidazole rings is 1. The summed E-state index contributed by atoms with van der Waals surface area (Å²) in [5.74, 6) is 0.262. The number of hydrogen-bond acceptors (Lipinski definition) is 6. The van der Waals surface area contributed by atoms with Gasteiger partial charge in [-0.2, -0.15) is 9.97 Å². The molecule has 2 rings (SSSR count). The highest BCUT2D eigenvalue weighted by Crippen LogP contribution is 2.18. The number of fused-ring (bicyclic) bond motifs is 1. The molecule has 0 radical (unpaired) electrons. The number of ether oxygens (including phenoxy) is 1. The van der Waals surface area contributed by atoms with Crippen LogP contribution < -0.4 is 5.32 Å². The highest BCUT2D eigenvalue weighted by Gasteiger charge is 2.09. The molecule has 0 bridgehead atoms. The van der Waals surface area contributed by atoms with Gasteiger partial charge in [0, 0.05) is 6.54 Å². The van der Waals surface area contributed by atoms with Crippen LogP contribution in [-0.4, -0.2) is 39.1 Å². The van der Waals surface area contributed by atoms with Crippen molar-refractivity contribution >= 4 is 34.6 Å². The van der Waals surface area contributed by atoms with Gasteiger partial charge in [-0.25, -0.2) is 4.98 Å². The van der Waals surface area contributed by atoms with Crippen LogP contribution in [0.4, 0.5) is 5.82 Å². The molecule has 96 valence electrons. The summed E-state index contributed by atoms with van der Waals surface area (Å²) in [4.78, 5) is 26.1. The van der Waals surface area contributed by atoms with Crippen LogP contribution in [0.5, 0.6) is 0 Å². The molecule has 0 aliphatic carbocycles. The first-order valence-electron chi connectivity index (χ1n) is 5.47. The van der Waals surface area contributed by atoms with Gasteiger partial charge in [-0.3, -0.25) is 4.79 Å². The van der Waals surface area contributed by atoms with Crippen molar-refractivity contribution in [3.8, 4) is 0 Å². The topological polar surface area (TPSA) is 92.8 Å². The van der Waals surface area contributed by atoms with Gasteiger partial charge in [0.05, 0.1) is 19.4 Å². The van der Waals surface area contributed by atoms with E-state index in [4.69, 9.17) is 16.3 Å². The highest BCUT2D eigenvalue weighted by atomic mass is 35.5. The molecule has 2 aromatic rings. The normalized spacial score (nSPS) is 10.6. The van der Waals surface area contributed by atoms with E-state index < -0.39 is 0 Å². The molecule has 2 heterocycles. The zero-order valence-electron chi connectivity index (χ0n) is 9.73. The molecule has 7 nitrogen and oxygen atoms in total. The van der Waals surface area contributed by atoms with E-state index in [0.717, 1.165) is 0 Å². The third kappa shape index (κ3) is 2.86. The summed E-state index contributed by atoms with van der Waals surface area (Å²) in [7, 11) is 0. The fourth-order valence-corrected chi connectivity index (χ4v) is 1.62. The third-order valence-electron chi connectivity index (χ3n) is 2.19. The number of nitrogens with zero attached hydrogens (tertiary/aromatic N) is 3. The predicted molar refractivity (Wildman–Crippen MR) is 66.4 cm³/mol. The van der Waals surface area contributed by atoms with Crippen molar-refractivity contribution in [2.75, 3.05) is 18.5 Å². The molecule has 2 N–H and O–H groups in total. The third-order valence-corrected chi connectivity index (χ3v) is 2.35. The Bertz CT molecular complexity index is 556. The van der Waals surface area contributed by atoms with E-state index >= 15 is 0 Å². The van der Waals surface area contributed by atoms with Gasteiger partial charge in [-0.05, 0) is 18.5 Å². The SMILES string of the molecule is CCOC(=O)CCNc1nc(Cl)nc2nc[nH]c12. The van der Waals surface area contributed by atoms with E-state index in [1.165, 1.54) is 6.33 Å². The Morgan fingerprint density at radius 1 is 1.56 bits per heavy atom. The van der Waals surface area contributed by atoms with Gasteiger partial charge in [0.1, 0.15) is 5.52 Å². The number of halogens is 1. The van der Waals surface area contributed by atoms with E-state index in [9.17, 15) is 4.79 Å². The van der Waals surface area contributed by atoms with Crippen LogP contribution >= 0.6 is 11.6 Å². The molecule has 0 saturated carbocycles. The molecule has 0 amide bonds. The maximum atomic E-state index is 11.2. The first-order valence-corrected chi connectivity index (χ1v) is 5.84. The first kappa shape index (κ1) is 12.6. The lowest BCUT2D eigenvalue weighted by Crippen LogP contribution is -2.12. The Kier molecular flexibility index (Phi) is 3.93. The van der Waals surface area contributed by atoms with Crippen LogP contribution in [0.1, 0.15) is 13.3 Å². The number of aromatic amines is 1. The van der Waals surface area contributed by atoms with Crippen molar-refractivity contribution in [3.05, 3.63) is 11.6 Å². The Morgan fingerprint density at radius 2 is 2.39 bits per heavy atom. The van der Waals surface area contributed by atoms with Crippen molar-refractivity contribution in [2.24, 2.45) is 0 Å². The molecular weight excluding hydrogens is 258 g/mol.